The van der Waals surface area contributed by atoms with Crippen molar-refractivity contribution in [3.05, 3.63) is 0 Å². The van der Waals surface area contributed by atoms with E-state index in [1.54, 1.807) is 7.11 Å². The quantitative estimate of drug-likeness (QED) is 0.727. The Morgan fingerprint density at radius 2 is 2.11 bits per heavy atom. The summed E-state index contributed by atoms with van der Waals surface area (Å²) in [6.07, 6.45) is 0.895. The van der Waals surface area contributed by atoms with E-state index >= 15 is 0 Å². The third-order valence-corrected chi connectivity index (χ3v) is 4.37. The lowest BCUT2D eigenvalue weighted by atomic mass is 9.84. The van der Waals surface area contributed by atoms with E-state index in [2.05, 4.69) is 0 Å². The van der Waals surface area contributed by atoms with E-state index < -0.39 is 11.5 Å². The molecule has 2 aliphatic rings. The molecule has 1 saturated heterocycles. The molecule has 0 amide bonds. The third kappa shape index (κ3) is 2.48. The molecule has 19 heavy (non-hydrogen) atoms. The average molecular weight is 270 g/mol. The second-order valence-electron chi connectivity index (χ2n) is 5.97. The van der Waals surface area contributed by atoms with Crippen LogP contribution in [0.1, 0.15) is 40.0 Å². The van der Waals surface area contributed by atoms with Crippen molar-refractivity contribution >= 4 is 11.9 Å². The van der Waals surface area contributed by atoms with Crippen molar-refractivity contribution in [2.75, 3.05) is 7.11 Å². The van der Waals surface area contributed by atoms with E-state index in [1.807, 2.05) is 20.8 Å². The van der Waals surface area contributed by atoms with Gasteiger partial charge >= 0.3 is 11.9 Å². The smallest absolute Gasteiger partial charge is 0.312 e. The number of hydrogen-bond donors (Lipinski definition) is 0. The first-order valence-corrected chi connectivity index (χ1v) is 6.85. The Balaban J connectivity index is 2.06. The molecule has 0 spiro atoms. The van der Waals surface area contributed by atoms with Gasteiger partial charge in [-0.15, -0.1) is 0 Å². The molecule has 2 rings (SSSR count). The molecule has 0 aromatic rings. The van der Waals surface area contributed by atoms with E-state index in [-0.39, 0.29) is 30.1 Å². The third-order valence-electron chi connectivity index (χ3n) is 4.37. The average Bonchev–Trinajstić information content (AvgIpc) is 2.61. The van der Waals surface area contributed by atoms with Gasteiger partial charge in [-0.3, -0.25) is 9.59 Å². The summed E-state index contributed by atoms with van der Waals surface area (Å²) in [7, 11) is 1.56. The SMILES string of the molecule is CCC(C)(C)C(=O)OC1CCC2C(=O)OC1C2OC. The molecule has 2 bridgehead atoms. The summed E-state index contributed by atoms with van der Waals surface area (Å²) in [4.78, 5) is 23.8. The van der Waals surface area contributed by atoms with Gasteiger partial charge in [0.15, 0.2) is 6.10 Å². The lowest BCUT2D eigenvalue weighted by molar-refractivity contribution is -0.174. The van der Waals surface area contributed by atoms with E-state index in [4.69, 9.17) is 14.2 Å². The molecular weight excluding hydrogens is 248 g/mol. The molecular formula is C14H22O5. The van der Waals surface area contributed by atoms with Crippen molar-refractivity contribution in [1.82, 2.24) is 0 Å². The van der Waals surface area contributed by atoms with Crippen LogP contribution < -0.4 is 0 Å². The topological polar surface area (TPSA) is 61.8 Å². The van der Waals surface area contributed by atoms with Gasteiger partial charge in [-0.1, -0.05) is 6.92 Å². The fraction of sp³-hybridized carbons (Fsp3) is 0.857. The van der Waals surface area contributed by atoms with Crippen molar-refractivity contribution in [1.29, 1.82) is 0 Å². The van der Waals surface area contributed by atoms with Crippen LogP contribution in [0, 0.1) is 11.3 Å². The van der Waals surface area contributed by atoms with Gasteiger partial charge in [0.25, 0.3) is 0 Å². The number of esters is 2. The summed E-state index contributed by atoms with van der Waals surface area (Å²) in [5, 5.41) is 0. The highest BCUT2D eigenvalue weighted by atomic mass is 16.6. The Kier molecular flexibility index (Phi) is 3.85. The number of carbonyl (C=O) groups is 2. The van der Waals surface area contributed by atoms with Crippen LogP contribution in [-0.4, -0.2) is 37.4 Å². The van der Waals surface area contributed by atoms with Gasteiger partial charge in [-0.05, 0) is 33.1 Å². The van der Waals surface area contributed by atoms with Gasteiger partial charge < -0.3 is 14.2 Å². The summed E-state index contributed by atoms with van der Waals surface area (Å²) < 4.78 is 16.2. The Labute approximate surface area is 113 Å². The maximum absolute atomic E-state index is 12.1. The molecule has 0 aromatic heterocycles. The zero-order valence-electron chi connectivity index (χ0n) is 12.0. The Morgan fingerprint density at radius 3 is 2.68 bits per heavy atom. The number of ether oxygens (including phenoxy) is 3. The van der Waals surface area contributed by atoms with Gasteiger partial charge in [0.1, 0.15) is 12.2 Å². The Bertz CT molecular complexity index is 376. The highest BCUT2D eigenvalue weighted by Gasteiger charge is 2.53. The molecule has 0 N–H and O–H groups in total. The number of fused-ring (bicyclic) bond motifs is 2. The predicted octanol–water partition coefficient (Wildman–Crippen LogP) is 1.68. The molecule has 1 saturated carbocycles. The first-order chi connectivity index (χ1) is 8.90. The first kappa shape index (κ1) is 14.3. The van der Waals surface area contributed by atoms with Crippen molar-refractivity contribution in [2.24, 2.45) is 11.3 Å². The molecule has 2 fully saturated rings. The summed E-state index contributed by atoms with van der Waals surface area (Å²) in [6.45, 7) is 5.66. The molecule has 1 aliphatic heterocycles. The van der Waals surface area contributed by atoms with Crippen LogP contribution in [0.4, 0.5) is 0 Å². The number of carbonyl (C=O) groups excluding carboxylic acids is 2. The van der Waals surface area contributed by atoms with Crippen molar-refractivity contribution in [2.45, 2.75) is 58.3 Å². The highest BCUT2D eigenvalue weighted by molar-refractivity contribution is 5.78. The van der Waals surface area contributed by atoms with Gasteiger partial charge in [0, 0.05) is 7.11 Å². The van der Waals surface area contributed by atoms with Crippen LogP contribution in [-0.2, 0) is 23.8 Å². The number of hydrogen-bond acceptors (Lipinski definition) is 5. The molecule has 1 aliphatic carbocycles. The van der Waals surface area contributed by atoms with Crippen LogP contribution in [0.15, 0.2) is 0 Å². The lowest BCUT2D eigenvalue weighted by Gasteiger charge is -2.33. The van der Waals surface area contributed by atoms with Crippen molar-refractivity contribution in [3.63, 3.8) is 0 Å². The minimum Gasteiger partial charge on any atom is -0.458 e. The molecule has 4 unspecified atom stereocenters. The minimum absolute atomic E-state index is 0.205. The first-order valence-electron chi connectivity index (χ1n) is 6.85. The van der Waals surface area contributed by atoms with Crippen LogP contribution in [0.5, 0.6) is 0 Å². The van der Waals surface area contributed by atoms with Gasteiger partial charge in [-0.25, -0.2) is 0 Å². The highest BCUT2D eigenvalue weighted by Crippen LogP contribution is 2.38. The van der Waals surface area contributed by atoms with Crippen LogP contribution in [0.2, 0.25) is 0 Å². The number of rotatable bonds is 4. The van der Waals surface area contributed by atoms with E-state index in [0.29, 0.717) is 19.3 Å². The molecule has 0 radical (unpaired) electrons. The second-order valence-corrected chi connectivity index (χ2v) is 5.97. The summed E-state index contributed by atoms with van der Waals surface area (Å²) in [6, 6.07) is 0. The fourth-order valence-electron chi connectivity index (χ4n) is 2.60. The molecule has 0 aromatic carbocycles. The van der Waals surface area contributed by atoms with Gasteiger partial charge in [0.05, 0.1) is 11.3 Å². The summed E-state index contributed by atoms with van der Waals surface area (Å²) >= 11 is 0. The van der Waals surface area contributed by atoms with Crippen LogP contribution >= 0.6 is 0 Å². The zero-order valence-corrected chi connectivity index (χ0v) is 12.0. The maximum atomic E-state index is 12.1. The molecule has 5 heteroatoms. The zero-order chi connectivity index (χ0) is 14.2. The minimum atomic E-state index is -0.512. The number of methoxy groups -OCH3 is 1. The van der Waals surface area contributed by atoms with E-state index in [1.165, 1.54) is 0 Å². The molecule has 108 valence electrons. The Hall–Kier alpha value is -1.10. The van der Waals surface area contributed by atoms with E-state index in [0.717, 1.165) is 0 Å². The normalized spacial score (nSPS) is 34.0. The van der Waals surface area contributed by atoms with E-state index in [9.17, 15) is 9.59 Å². The predicted molar refractivity (Wildman–Crippen MR) is 67.4 cm³/mol. The molecule has 1 heterocycles. The van der Waals surface area contributed by atoms with Crippen molar-refractivity contribution < 1.29 is 23.8 Å². The van der Waals surface area contributed by atoms with Crippen LogP contribution in [0.3, 0.4) is 0 Å². The molecule has 4 atom stereocenters. The van der Waals surface area contributed by atoms with Crippen LogP contribution in [0.25, 0.3) is 0 Å². The maximum Gasteiger partial charge on any atom is 0.312 e. The monoisotopic (exact) mass is 270 g/mol. The standard InChI is InChI=1S/C14H22O5/c1-5-14(2,3)13(16)18-9-7-6-8-10(17-4)11(9)19-12(8)15/h8-11H,5-7H2,1-4H3. The van der Waals surface area contributed by atoms with Gasteiger partial charge in [-0.2, -0.15) is 0 Å². The lowest BCUT2D eigenvalue weighted by Crippen LogP contribution is -2.46. The molecule has 5 nitrogen and oxygen atoms in total. The van der Waals surface area contributed by atoms with Crippen molar-refractivity contribution in [3.8, 4) is 0 Å². The van der Waals surface area contributed by atoms with Gasteiger partial charge in [0.2, 0.25) is 0 Å². The summed E-state index contributed by atoms with van der Waals surface area (Å²) in [5.74, 6) is -0.675. The second kappa shape index (κ2) is 5.12. The largest absolute Gasteiger partial charge is 0.458 e. The Morgan fingerprint density at radius 1 is 1.42 bits per heavy atom. The fourth-order valence-corrected chi connectivity index (χ4v) is 2.60. The summed E-state index contributed by atoms with van der Waals surface area (Å²) in [5.41, 5.74) is -0.512.